The largest absolute Gasteiger partial charge is 0.460 e. The number of rotatable bonds is 18. The van der Waals surface area contributed by atoms with Gasteiger partial charge in [-0.2, -0.15) is 0 Å². The van der Waals surface area contributed by atoms with Crippen LogP contribution in [0.1, 0.15) is 53.4 Å². The van der Waals surface area contributed by atoms with Gasteiger partial charge in [-0.3, -0.25) is 4.18 Å². The number of allylic oxidation sites excluding steroid dienone is 1. The van der Waals surface area contributed by atoms with Crippen molar-refractivity contribution in [3.63, 3.8) is 0 Å². The van der Waals surface area contributed by atoms with Crippen molar-refractivity contribution in [1.82, 2.24) is 10.6 Å². The summed E-state index contributed by atoms with van der Waals surface area (Å²) in [5.41, 5.74) is -1.12. The second-order valence-electron chi connectivity index (χ2n) is 7.44. The Bertz CT molecular complexity index is 656. The van der Waals surface area contributed by atoms with E-state index < -0.39 is 23.5 Å². The molecule has 0 unspecified atom stereocenters. The summed E-state index contributed by atoms with van der Waals surface area (Å²) in [5.74, 6) is -0.491. The minimum Gasteiger partial charge on any atom is -0.460 e. The average Bonchev–Trinajstić information content (AvgIpc) is 2.82. The zero-order valence-electron chi connectivity index (χ0n) is 20.2. The molecule has 0 bridgehead atoms. The fourth-order valence-corrected chi connectivity index (χ4v) is 4.32. The van der Waals surface area contributed by atoms with Crippen LogP contribution in [0.4, 0.5) is 4.79 Å². The Kier molecular flexibility index (Phi) is 15.7. The van der Waals surface area contributed by atoms with E-state index in [1.165, 1.54) is 12.0 Å². The Morgan fingerprint density at radius 1 is 1.00 bits per heavy atom. The summed E-state index contributed by atoms with van der Waals surface area (Å²) in [5, 5.41) is 5.48. The highest BCUT2D eigenvalue weighted by atomic mass is 32.2. The molecule has 0 spiro atoms. The molecule has 0 rings (SSSR count). The first-order valence-electron chi connectivity index (χ1n) is 10.9. The van der Waals surface area contributed by atoms with Crippen molar-refractivity contribution in [1.29, 1.82) is 0 Å². The number of carbonyl (C=O) groups is 3. The zero-order valence-corrected chi connectivity index (χ0v) is 21.8. The van der Waals surface area contributed by atoms with E-state index in [1.54, 1.807) is 18.7 Å². The molecule has 0 saturated heterocycles. The molecule has 8 nitrogen and oxygen atoms in total. The van der Waals surface area contributed by atoms with Gasteiger partial charge in [0.05, 0.1) is 0 Å². The predicted octanol–water partition coefficient (Wildman–Crippen LogP) is 4.73. The lowest BCUT2D eigenvalue weighted by molar-refractivity contribution is -0.144. The van der Waals surface area contributed by atoms with Crippen LogP contribution in [0, 0.1) is 0 Å². The Balaban J connectivity index is 4.64. The van der Waals surface area contributed by atoms with Gasteiger partial charge in [0.2, 0.25) is 0 Å². The predicted molar refractivity (Wildman–Crippen MR) is 136 cm³/mol. The van der Waals surface area contributed by atoms with Crippen LogP contribution < -0.4 is 10.6 Å². The van der Waals surface area contributed by atoms with E-state index in [0.29, 0.717) is 6.54 Å². The molecule has 0 aliphatic rings. The van der Waals surface area contributed by atoms with Gasteiger partial charge < -0.3 is 20.1 Å². The van der Waals surface area contributed by atoms with Crippen LogP contribution in [-0.4, -0.2) is 54.0 Å². The number of hydrogen-bond acceptors (Lipinski definition) is 8. The van der Waals surface area contributed by atoms with Crippen molar-refractivity contribution in [2.75, 3.05) is 25.5 Å². The number of carbonyl (C=O) groups excluding carboxylic acids is 3. The van der Waals surface area contributed by atoms with Crippen LogP contribution >= 0.6 is 23.8 Å². The molecule has 10 heteroatoms. The number of urea groups is 1. The fourth-order valence-electron chi connectivity index (χ4n) is 2.33. The molecular weight excluding hydrogens is 464 g/mol. The Hall–Kier alpha value is -1.91. The SMILES string of the molecule is C=CC(=O)OCC(C)(COC(=O)C=C)NC(=O)NCCCSC(CC)(CC)OSC(=C)CC. The van der Waals surface area contributed by atoms with Crippen LogP contribution in [0.25, 0.3) is 0 Å². The maximum Gasteiger partial charge on any atom is 0.330 e. The van der Waals surface area contributed by atoms with Crippen LogP contribution in [0.3, 0.4) is 0 Å². The van der Waals surface area contributed by atoms with E-state index in [2.05, 4.69) is 44.2 Å². The first kappa shape index (κ1) is 31.1. The number of hydrogen-bond donors (Lipinski definition) is 2. The summed E-state index contributed by atoms with van der Waals surface area (Å²) in [6, 6.07) is -0.463. The third kappa shape index (κ3) is 13.4. The minimum atomic E-state index is -1.12. The van der Waals surface area contributed by atoms with Gasteiger partial charge in [-0.05, 0) is 38.4 Å². The zero-order chi connectivity index (χ0) is 25.3. The van der Waals surface area contributed by atoms with Gasteiger partial charge in [0, 0.05) is 35.6 Å². The normalized spacial score (nSPS) is 11.3. The summed E-state index contributed by atoms with van der Waals surface area (Å²) < 4.78 is 16.1. The van der Waals surface area contributed by atoms with E-state index in [9.17, 15) is 14.4 Å². The first-order valence-corrected chi connectivity index (χ1v) is 12.6. The van der Waals surface area contributed by atoms with Gasteiger partial charge in [-0.15, -0.1) is 11.8 Å². The summed E-state index contributed by atoms with van der Waals surface area (Å²) in [6.45, 7) is 18.5. The molecule has 0 aliphatic carbocycles. The van der Waals surface area contributed by atoms with Crippen molar-refractivity contribution in [3.8, 4) is 0 Å². The molecular formula is C23H38N2O6S2. The molecule has 0 fully saturated rings. The van der Waals surface area contributed by atoms with Crippen molar-refractivity contribution in [3.05, 3.63) is 36.8 Å². The van der Waals surface area contributed by atoms with E-state index in [1.807, 2.05) is 6.92 Å². The lowest BCUT2D eigenvalue weighted by atomic mass is 10.1. The van der Waals surface area contributed by atoms with Crippen molar-refractivity contribution in [2.45, 2.75) is 63.9 Å². The molecule has 0 radical (unpaired) electrons. The van der Waals surface area contributed by atoms with Crippen LogP contribution in [0.15, 0.2) is 36.8 Å². The topological polar surface area (TPSA) is 103 Å². The number of amides is 2. The van der Waals surface area contributed by atoms with Crippen molar-refractivity contribution < 1.29 is 28.0 Å². The van der Waals surface area contributed by atoms with Gasteiger partial charge in [0.25, 0.3) is 0 Å². The Labute approximate surface area is 206 Å². The molecule has 0 aromatic carbocycles. The number of esters is 2. The number of thioether (sulfide) groups is 1. The van der Waals surface area contributed by atoms with Crippen LogP contribution in [0.5, 0.6) is 0 Å². The second-order valence-corrected chi connectivity index (χ2v) is 9.80. The molecule has 188 valence electrons. The maximum atomic E-state index is 12.4. The third-order valence-corrected chi connectivity index (χ3v) is 7.28. The standard InChI is InChI=1S/C23H38N2O6S2/c1-8-18(6)33-31-23(11-4,12-5)32-15-13-14-24-21(28)25-22(7,16-29-19(26)9-2)17-30-20(27)10-3/h9-10H,2-3,6,8,11-17H2,1,4-5,7H3,(H2,24,25,28). The number of ether oxygens (including phenoxy) is 2. The van der Waals surface area contributed by atoms with Gasteiger partial charge in [0.15, 0.2) is 0 Å². The molecule has 0 saturated carbocycles. The summed E-state index contributed by atoms with van der Waals surface area (Å²) in [7, 11) is 0. The Morgan fingerprint density at radius 2 is 1.55 bits per heavy atom. The van der Waals surface area contributed by atoms with E-state index in [0.717, 1.165) is 48.5 Å². The summed E-state index contributed by atoms with van der Waals surface area (Å²) in [6.07, 6.45) is 5.34. The molecule has 2 amide bonds. The highest BCUT2D eigenvalue weighted by Crippen LogP contribution is 2.39. The third-order valence-electron chi connectivity index (χ3n) is 4.57. The maximum absolute atomic E-state index is 12.4. The molecule has 0 aromatic heterocycles. The first-order chi connectivity index (χ1) is 15.6. The van der Waals surface area contributed by atoms with E-state index >= 15 is 0 Å². The smallest absolute Gasteiger partial charge is 0.330 e. The van der Waals surface area contributed by atoms with Gasteiger partial charge in [0.1, 0.15) is 23.7 Å². The number of nitrogens with one attached hydrogen (secondary N) is 2. The average molecular weight is 503 g/mol. The van der Waals surface area contributed by atoms with Gasteiger partial charge >= 0.3 is 18.0 Å². The highest BCUT2D eigenvalue weighted by molar-refractivity contribution is 8.02. The summed E-state index contributed by atoms with van der Waals surface area (Å²) >= 11 is 3.07. The fraction of sp³-hybridized carbons (Fsp3) is 0.609. The molecule has 33 heavy (non-hydrogen) atoms. The van der Waals surface area contributed by atoms with Gasteiger partial charge in [-0.25, -0.2) is 14.4 Å². The minimum absolute atomic E-state index is 0.195. The monoisotopic (exact) mass is 502 g/mol. The molecule has 0 aliphatic heterocycles. The lowest BCUT2D eigenvalue weighted by Crippen LogP contribution is -2.56. The van der Waals surface area contributed by atoms with Gasteiger partial charge in [-0.1, -0.05) is 40.5 Å². The van der Waals surface area contributed by atoms with E-state index in [4.69, 9.17) is 13.7 Å². The lowest BCUT2D eigenvalue weighted by Gasteiger charge is -2.30. The molecule has 2 N–H and O–H groups in total. The van der Waals surface area contributed by atoms with E-state index in [-0.39, 0.29) is 18.1 Å². The summed E-state index contributed by atoms with van der Waals surface area (Å²) in [4.78, 5) is 35.9. The molecule has 0 atom stereocenters. The second kappa shape index (κ2) is 16.7. The molecule has 0 heterocycles. The van der Waals surface area contributed by atoms with Crippen LogP contribution in [0.2, 0.25) is 0 Å². The quantitative estimate of drug-likeness (QED) is 0.0912. The van der Waals surface area contributed by atoms with Crippen molar-refractivity contribution >= 4 is 41.8 Å². The highest BCUT2D eigenvalue weighted by Gasteiger charge is 2.31. The Morgan fingerprint density at radius 3 is 2.00 bits per heavy atom. The molecule has 0 aromatic rings. The van der Waals surface area contributed by atoms with Crippen molar-refractivity contribution in [2.24, 2.45) is 0 Å². The van der Waals surface area contributed by atoms with Crippen LogP contribution in [-0.2, 0) is 23.2 Å².